The molecule has 116 valence electrons. The van der Waals surface area contributed by atoms with Crippen LogP contribution in [0.15, 0.2) is 18.2 Å². The zero-order valence-corrected chi connectivity index (χ0v) is 13.0. The van der Waals surface area contributed by atoms with Gasteiger partial charge in [-0.25, -0.2) is 0 Å². The Kier molecular flexibility index (Phi) is 5.44. The summed E-state index contributed by atoms with van der Waals surface area (Å²) >= 11 is 0. The van der Waals surface area contributed by atoms with Gasteiger partial charge in [-0.3, -0.25) is 4.79 Å². The summed E-state index contributed by atoms with van der Waals surface area (Å²) in [5.74, 6) is 1.75. The van der Waals surface area contributed by atoms with Crippen molar-refractivity contribution in [2.45, 2.75) is 25.3 Å². The average Bonchev–Trinajstić information content (AvgIpc) is 3.01. The number of ether oxygens (including phenoxy) is 2. The zero-order valence-electron chi connectivity index (χ0n) is 13.0. The molecule has 0 aromatic heterocycles. The van der Waals surface area contributed by atoms with E-state index in [4.69, 9.17) is 9.47 Å². The quantitative estimate of drug-likeness (QED) is 0.871. The number of likely N-dealkylation sites (tertiary alicyclic amines) is 1. The van der Waals surface area contributed by atoms with Gasteiger partial charge >= 0.3 is 0 Å². The summed E-state index contributed by atoms with van der Waals surface area (Å²) in [5, 5.41) is 3.03. The van der Waals surface area contributed by atoms with Gasteiger partial charge in [0, 0.05) is 31.1 Å². The predicted molar refractivity (Wildman–Crippen MR) is 81.8 cm³/mol. The van der Waals surface area contributed by atoms with E-state index in [0.29, 0.717) is 13.0 Å². The van der Waals surface area contributed by atoms with Crippen LogP contribution in [0.1, 0.15) is 30.9 Å². The topological polar surface area (TPSA) is 50.8 Å². The number of carbonyl (C=O) groups is 1. The van der Waals surface area contributed by atoms with Gasteiger partial charge in [0.25, 0.3) is 0 Å². The molecule has 1 unspecified atom stereocenters. The van der Waals surface area contributed by atoms with E-state index in [0.717, 1.165) is 36.4 Å². The molecule has 0 aliphatic carbocycles. The van der Waals surface area contributed by atoms with Crippen LogP contribution in [-0.2, 0) is 4.79 Å². The number of hydrogen-bond acceptors (Lipinski definition) is 4. The second-order valence-electron chi connectivity index (χ2n) is 5.21. The summed E-state index contributed by atoms with van der Waals surface area (Å²) < 4.78 is 10.7. The highest BCUT2D eigenvalue weighted by Crippen LogP contribution is 2.38. The molecule has 1 atom stereocenters. The van der Waals surface area contributed by atoms with E-state index in [1.54, 1.807) is 14.2 Å². The molecule has 5 heteroatoms. The molecule has 5 nitrogen and oxygen atoms in total. The second-order valence-corrected chi connectivity index (χ2v) is 5.21. The Morgan fingerprint density at radius 2 is 2.19 bits per heavy atom. The molecule has 21 heavy (non-hydrogen) atoms. The second kappa shape index (κ2) is 7.31. The van der Waals surface area contributed by atoms with Crippen molar-refractivity contribution in [3.63, 3.8) is 0 Å². The number of carbonyl (C=O) groups excluding carboxylic acids is 1. The van der Waals surface area contributed by atoms with Crippen LogP contribution in [0.2, 0.25) is 0 Å². The SMILES string of the molecule is CNCCC(=O)N1CCCC1c1ccc(OC)cc1OC. The minimum Gasteiger partial charge on any atom is -0.497 e. The molecule has 1 aromatic carbocycles. The normalized spacial score (nSPS) is 17.9. The number of methoxy groups -OCH3 is 2. The lowest BCUT2D eigenvalue weighted by atomic mass is 10.0. The third kappa shape index (κ3) is 3.47. The summed E-state index contributed by atoms with van der Waals surface area (Å²) in [6, 6.07) is 5.91. The smallest absolute Gasteiger partial charge is 0.224 e. The first-order valence-electron chi connectivity index (χ1n) is 7.37. The average molecular weight is 292 g/mol. The lowest BCUT2D eigenvalue weighted by Crippen LogP contribution is -2.32. The summed E-state index contributed by atoms with van der Waals surface area (Å²) in [6.45, 7) is 1.53. The third-order valence-electron chi connectivity index (χ3n) is 3.96. The number of rotatable bonds is 6. The van der Waals surface area contributed by atoms with Crippen molar-refractivity contribution < 1.29 is 14.3 Å². The first-order valence-corrected chi connectivity index (χ1v) is 7.37. The number of benzene rings is 1. The molecule has 0 spiro atoms. The number of nitrogens with zero attached hydrogens (tertiary/aromatic N) is 1. The van der Waals surface area contributed by atoms with Crippen LogP contribution < -0.4 is 14.8 Å². The lowest BCUT2D eigenvalue weighted by molar-refractivity contribution is -0.132. The maximum Gasteiger partial charge on any atom is 0.224 e. The Balaban J connectivity index is 2.21. The molecule has 1 heterocycles. The van der Waals surface area contributed by atoms with Crippen molar-refractivity contribution in [1.82, 2.24) is 10.2 Å². The monoisotopic (exact) mass is 292 g/mol. The largest absolute Gasteiger partial charge is 0.497 e. The highest BCUT2D eigenvalue weighted by atomic mass is 16.5. The van der Waals surface area contributed by atoms with E-state index in [1.165, 1.54) is 0 Å². The molecule has 1 aliphatic rings. The molecule has 1 N–H and O–H groups in total. The molecular weight excluding hydrogens is 268 g/mol. The van der Waals surface area contributed by atoms with Crippen LogP contribution in [0.3, 0.4) is 0 Å². The summed E-state index contributed by atoms with van der Waals surface area (Å²) in [6.07, 6.45) is 2.55. The zero-order chi connectivity index (χ0) is 15.2. The molecule has 1 saturated heterocycles. The van der Waals surface area contributed by atoms with Crippen molar-refractivity contribution in [2.24, 2.45) is 0 Å². The van der Waals surface area contributed by atoms with E-state index in [-0.39, 0.29) is 11.9 Å². The fourth-order valence-corrected chi connectivity index (χ4v) is 2.86. The van der Waals surface area contributed by atoms with Gasteiger partial charge in [0.15, 0.2) is 0 Å². The maximum absolute atomic E-state index is 12.3. The highest BCUT2D eigenvalue weighted by molar-refractivity contribution is 5.77. The van der Waals surface area contributed by atoms with Crippen molar-refractivity contribution in [1.29, 1.82) is 0 Å². The van der Waals surface area contributed by atoms with Gasteiger partial charge in [0.05, 0.1) is 20.3 Å². The fraction of sp³-hybridized carbons (Fsp3) is 0.562. The molecule has 0 saturated carbocycles. The fourth-order valence-electron chi connectivity index (χ4n) is 2.86. The molecule has 0 bridgehead atoms. The minimum absolute atomic E-state index is 0.107. The van der Waals surface area contributed by atoms with Crippen molar-refractivity contribution in [3.8, 4) is 11.5 Å². The van der Waals surface area contributed by atoms with Gasteiger partial charge in [0.2, 0.25) is 5.91 Å². The van der Waals surface area contributed by atoms with Crippen LogP contribution in [-0.4, -0.2) is 45.2 Å². The molecule has 0 radical (unpaired) electrons. The number of nitrogens with one attached hydrogen (secondary N) is 1. The van der Waals surface area contributed by atoms with Crippen LogP contribution in [0.25, 0.3) is 0 Å². The van der Waals surface area contributed by atoms with Crippen molar-refractivity contribution >= 4 is 5.91 Å². The predicted octanol–water partition coefficient (Wildman–Crippen LogP) is 1.98. The number of amides is 1. The number of hydrogen-bond donors (Lipinski definition) is 1. The standard InChI is InChI=1S/C16H24N2O3/c1-17-9-8-16(19)18-10-4-5-14(18)13-7-6-12(20-2)11-15(13)21-3/h6-7,11,14,17H,4-5,8-10H2,1-3H3. The Labute approximate surface area is 126 Å². The maximum atomic E-state index is 12.3. The van der Waals surface area contributed by atoms with Gasteiger partial charge in [-0.2, -0.15) is 0 Å². The van der Waals surface area contributed by atoms with E-state index >= 15 is 0 Å². The Bertz CT molecular complexity index is 490. The van der Waals surface area contributed by atoms with Gasteiger partial charge in [-0.1, -0.05) is 0 Å². The Morgan fingerprint density at radius 3 is 2.86 bits per heavy atom. The van der Waals surface area contributed by atoms with Crippen molar-refractivity contribution in [2.75, 3.05) is 34.4 Å². The van der Waals surface area contributed by atoms with Gasteiger partial charge in [0.1, 0.15) is 11.5 Å². The molecule has 1 amide bonds. The van der Waals surface area contributed by atoms with Crippen LogP contribution in [0.4, 0.5) is 0 Å². The van der Waals surface area contributed by atoms with Gasteiger partial charge in [-0.05, 0) is 32.0 Å². The lowest BCUT2D eigenvalue weighted by Gasteiger charge is -2.26. The first kappa shape index (κ1) is 15.6. The summed E-state index contributed by atoms with van der Waals surface area (Å²) in [5.41, 5.74) is 1.06. The van der Waals surface area contributed by atoms with Crippen LogP contribution in [0.5, 0.6) is 11.5 Å². The molecule has 1 fully saturated rings. The third-order valence-corrected chi connectivity index (χ3v) is 3.96. The van der Waals surface area contributed by atoms with E-state index in [1.807, 2.05) is 30.1 Å². The minimum atomic E-state index is 0.107. The Morgan fingerprint density at radius 1 is 1.38 bits per heavy atom. The van der Waals surface area contributed by atoms with E-state index < -0.39 is 0 Å². The molecule has 2 rings (SSSR count). The van der Waals surface area contributed by atoms with Crippen LogP contribution >= 0.6 is 0 Å². The highest BCUT2D eigenvalue weighted by Gasteiger charge is 2.31. The van der Waals surface area contributed by atoms with Gasteiger partial charge in [-0.15, -0.1) is 0 Å². The molecular formula is C16H24N2O3. The molecule has 1 aliphatic heterocycles. The van der Waals surface area contributed by atoms with Gasteiger partial charge < -0.3 is 19.7 Å². The Hall–Kier alpha value is -1.75. The molecule has 1 aromatic rings. The van der Waals surface area contributed by atoms with Crippen molar-refractivity contribution in [3.05, 3.63) is 23.8 Å². The summed E-state index contributed by atoms with van der Waals surface area (Å²) in [4.78, 5) is 14.3. The van der Waals surface area contributed by atoms with Crippen LogP contribution in [0, 0.1) is 0 Å². The van der Waals surface area contributed by atoms with E-state index in [2.05, 4.69) is 5.32 Å². The summed E-state index contributed by atoms with van der Waals surface area (Å²) in [7, 11) is 5.15. The first-order chi connectivity index (χ1) is 10.2. The van der Waals surface area contributed by atoms with E-state index in [9.17, 15) is 4.79 Å².